The highest BCUT2D eigenvalue weighted by Crippen LogP contribution is 2.36. The Hall–Kier alpha value is -1.29. The molecule has 1 aromatic carbocycles. The van der Waals surface area contributed by atoms with Crippen molar-refractivity contribution in [2.24, 2.45) is 0 Å². The first-order valence-corrected chi connectivity index (χ1v) is 4.90. The Morgan fingerprint density at radius 3 is 2.56 bits per heavy atom. The summed E-state index contributed by atoms with van der Waals surface area (Å²) in [5, 5.41) is -0.0639. The van der Waals surface area contributed by atoms with E-state index in [-0.39, 0.29) is 10.5 Å². The molecular weight excluding hydrogens is 239 g/mol. The molecule has 16 heavy (non-hydrogen) atoms. The fourth-order valence-electron chi connectivity index (χ4n) is 1.60. The molecule has 0 saturated heterocycles. The molecule has 0 atom stereocenters. The van der Waals surface area contributed by atoms with E-state index in [1.165, 1.54) is 6.07 Å². The number of aryl methyl sites for hydroxylation is 1. The molecule has 1 heterocycles. The molecule has 0 aliphatic carbocycles. The average molecular weight is 246 g/mol. The van der Waals surface area contributed by atoms with Crippen LogP contribution < -0.4 is 0 Å². The maximum absolute atomic E-state index is 12.7. The van der Waals surface area contributed by atoms with Crippen molar-refractivity contribution in [3.63, 3.8) is 0 Å². The molecule has 0 aliphatic rings. The Labute approximate surface area is 94.9 Å². The van der Waals surface area contributed by atoms with E-state index in [1.807, 2.05) is 0 Å². The average Bonchev–Trinajstić information content (AvgIpc) is 2.17. The minimum atomic E-state index is -4.42. The predicted octanol–water partition coefficient (Wildman–Crippen LogP) is 4.22. The highest BCUT2D eigenvalue weighted by atomic mass is 35.5. The standard InChI is InChI=1S/C11H7ClF3N/c1-6-3-2-4-7-8(11(13,14)15)5-9(12)16-10(6)7/h2-5H,1H3. The number of aromatic nitrogens is 1. The van der Waals surface area contributed by atoms with Crippen molar-refractivity contribution in [1.29, 1.82) is 0 Å². The van der Waals surface area contributed by atoms with Crippen LogP contribution in [0.25, 0.3) is 10.9 Å². The minimum absolute atomic E-state index is 0.0805. The molecule has 84 valence electrons. The van der Waals surface area contributed by atoms with Crippen LogP contribution in [0.15, 0.2) is 24.3 Å². The van der Waals surface area contributed by atoms with E-state index in [0.29, 0.717) is 11.1 Å². The Bertz CT molecular complexity index is 549. The van der Waals surface area contributed by atoms with Crippen LogP contribution in [0.5, 0.6) is 0 Å². The van der Waals surface area contributed by atoms with E-state index in [0.717, 1.165) is 6.07 Å². The molecule has 0 radical (unpaired) electrons. The van der Waals surface area contributed by atoms with Crippen LogP contribution in [0.3, 0.4) is 0 Å². The third-order valence-corrected chi connectivity index (χ3v) is 2.51. The summed E-state index contributed by atoms with van der Waals surface area (Å²) >= 11 is 5.59. The van der Waals surface area contributed by atoms with Crippen LogP contribution in [0.1, 0.15) is 11.1 Å². The van der Waals surface area contributed by atoms with E-state index in [9.17, 15) is 13.2 Å². The summed E-state index contributed by atoms with van der Waals surface area (Å²) < 4.78 is 38.2. The molecule has 1 nitrogen and oxygen atoms in total. The van der Waals surface area contributed by atoms with E-state index < -0.39 is 11.7 Å². The molecule has 1 aromatic heterocycles. The smallest absolute Gasteiger partial charge is 0.236 e. The van der Waals surface area contributed by atoms with Crippen LogP contribution in [0.4, 0.5) is 13.2 Å². The van der Waals surface area contributed by atoms with Gasteiger partial charge in [-0.05, 0) is 18.6 Å². The van der Waals surface area contributed by atoms with E-state index in [1.54, 1.807) is 19.1 Å². The summed E-state index contributed by atoms with van der Waals surface area (Å²) in [6, 6.07) is 5.52. The van der Waals surface area contributed by atoms with Crippen molar-refractivity contribution in [1.82, 2.24) is 4.98 Å². The van der Waals surface area contributed by atoms with Gasteiger partial charge in [-0.1, -0.05) is 29.8 Å². The van der Waals surface area contributed by atoms with Gasteiger partial charge in [-0.3, -0.25) is 0 Å². The lowest BCUT2D eigenvalue weighted by Gasteiger charge is -2.11. The van der Waals surface area contributed by atoms with Gasteiger partial charge in [0.05, 0.1) is 11.1 Å². The Balaban J connectivity index is 2.89. The quantitative estimate of drug-likeness (QED) is 0.634. The number of para-hydroxylation sites is 1. The second kappa shape index (κ2) is 3.63. The van der Waals surface area contributed by atoms with Gasteiger partial charge >= 0.3 is 6.18 Å². The second-order valence-corrected chi connectivity index (χ2v) is 3.85. The highest BCUT2D eigenvalue weighted by Gasteiger charge is 2.33. The summed E-state index contributed by atoms with van der Waals surface area (Å²) in [5.74, 6) is 0. The maximum atomic E-state index is 12.7. The topological polar surface area (TPSA) is 12.9 Å². The lowest BCUT2D eigenvalue weighted by molar-refractivity contribution is -0.136. The van der Waals surface area contributed by atoms with Crippen LogP contribution in [0, 0.1) is 6.92 Å². The van der Waals surface area contributed by atoms with Gasteiger partial charge in [-0.25, -0.2) is 4.98 Å². The molecule has 0 saturated carbocycles. The highest BCUT2D eigenvalue weighted by molar-refractivity contribution is 6.30. The molecule has 0 N–H and O–H groups in total. The first-order valence-electron chi connectivity index (χ1n) is 4.52. The van der Waals surface area contributed by atoms with Crippen molar-refractivity contribution in [2.75, 3.05) is 0 Å². The van der Waals surface area contributed by atoms with E-state index >= 15 is 0 Å². The lowest BCUT2D eigenvalue weighted by atomic mass is 10.1. The van der Waals surface area contributed by atoms with Crippen molar-refractivity contribution in [3.8, 4) is 0 Å². The van der Waals surface area contributed by atoms with Crippen LogP contribution >= 0.6 is 11.6 Å². The number of pyridine rings is 1. The molecule has 0 unspecified atom stereocenters. The summed E-state index contributed by atoms with van der Waals surface area (Å²) in [6.07, 6.45) is -4.42. The van der Waals surface area contributed by atoms with Gasteiger partial charge in [-0.15, -0.1) is 0 Å². The van der Waals surface area contributed by atoms with Crippen molar-refractivity contribution < 1.29 is 13.2 Å². The molecule has 2 aromatic rings. The number of rotatable bonds is 0. The number of alkyl halides is 3. The molecule has 0 bridgehead atoms. The second-order valence-electron chi connectivity index (χ2n) is 3.46. The Kier molecular flexibility index (Phi) is 2.54. The van der Waals surface area contributed by atoms with Crippen molar-refractivity contribution in [2.45, 2.75) is 13.1 Å². The van der Waals surface area contributed by atoms with Crippen molar-refractivity contribution in [3.05, 3.63) is 40.5 Å². The fraction of sp³-hybridized carbons (Fsp3) is 0.182. The zero-order valence-electron chi connectivity index (χ0n) is 8.27. The van der Waals surface area contributed by atoms with Gasteiger partial charge in [0.1, 0.15) is 5.15 Å². The number of nitrogens with zero attached hydrogens (tertiary/aromatic N) is 1. The summed E-state index contributed by atoms with van der Waals surface area (Å²) in [4.78, 5) is 3.91. The van der Waals surface area contributed by atoms with Gasteiger partial charge in [-0.2, -0.15) is 13.2 Å². The number of hydrogen-bond donors (Lipinski definition) is 0. The first-order chi connectivity index (χ1) is 7.39. The summed E-state index contributed by atoms with van der Waals surface area (Å²) in [5.41, 5.74) is 0.221. The zero-order chi connectivity index (χ0) is 11.9. The lowest BCUT2D eigenvalue weighted by Crippen LogP contribution is -2.06. The third-order valence-electron chi connectivity index (χ3n) is 2.32. The normalized spacial score (nSPS) is 12.1. The van der Waals surface area contributed by atoms with Crippen LogP contribution in [-0.4, -0.2) is 4.98 Å². The predicted molar refractivity (Wildman–Crippen MR) is 56.5 cm³/mol. The number of halogens is 4. The first kappa shape index (κ1) is 11.2. The molecular formula is C11H7ClF3N. The minimum Gasteiger partial charge on any atom is -0.236 e. The van der Waals surface area contributed by atoms with E-state index in [2.05, 4.69) is 4.98 Å². The number of hydrogen-bond acceptors (Lipinski definition) is 1. The van der Waals surface area contributed by atoms with Crippen molar-refractivity contribution >= 4 is 22.5 Å². The summed E-state index contributed by atoms with van der Waals surface area (Å²) in [6.45, 7) is 1.70. The van der Waals surface area contributed by atoms with Crippen LogP contribution in [-0.2, 0) is 6.18 Å². The zero-order valence-corrected chi connectivity index (χ0v) is 9.02. The van der Waals surface area contributed by atoms with Gasteiger partial charge in [0.2, 0.25) is 0 Å². The maximum Gasteiger partial charge on any atom is 0.417 e. The molecule has 5 heteroatoms. The van der Waals surface area contributed by atoms with Crippen LogP contribution in [0.2, 0.25) is 5.15 Å². The largest absolute Gasteiger partial charge is 0.417 e. The molecule has 0 amide bonds. The molecule has 2 rings (SSSR count). The van der Waals surface area contributed by atoms with Gasteiger partial charge in [0.15, 0.2) is 0 Å². The number of fused-ring (bicyclic) bond motifs is 1. The van der Waals surface area contributed by atoms with Gasteiger partial charge in [0, 0.05) is 5.39 Å². The number of benzene rings is 1. The fourth-order valence-corrected chi connectivity index (χ4v) is 1.79. The van der Waals surface area contributed by atoms with E-state index in [4.69, 9.17) is 11.6 Å². The Morgan fingerprint density at radius 2 is 1.94 bits per heavy atom. The molecule has 0 fully saturated rings. The van der Waals surface area contributed by atoms with Gasteiger partial charge in [0.25, 0.3) is 0 Å². The molecule has 0 spiro atoms. The van der Waals surface area contributed by atoms with Gasteiger partial charge < -0.3 is 0 Å². The Morgan fingerprint density at radius 1 is 1.25 bits per heavy atom. The third kappa shape index (κ3) is 1.85. The SMILES string of the molecule is Cc1cccc2c(C(F)(F)F)cc(Cl)nc12. The summed E-state index contributed by atoms with van der Waals surface area (Å²) in [7, 11) is 0. The molecule has 0 aliphatic heterocycles. The monoisotopic (exact) mass is 245 g/mol.